The molecule has 4 aromatic rings. The van der Waals surface area contributed by atoms with Crippen molar-refractivity contribution in [2.24, 2.45) is 5.73 Å². The molecule has 1 radical (unpaired) electrons. The molecule has 1 atom stereocenters. The van der Waals surface area contributed by atoms with E-state index in [1.54, 1.807) is 0 Å². The van der Waals surface area contributed by atoms with E-state index in [0.29, 0.717) is 6.42 Å². The lowest BCUT2D eigenvalue weighted by Gasteiger charge is -2.15. The lowest BCUT2D eigenvalue weighted by Crippen LogP contribution is -2.30. The summed E-state index contributed by atoms with van der Waals surface area (Å²) >= 11 is 0. The van der Waals surface area contributed by atoms with Gasteiger partial charge in [0, 0.05) is 5.56 Å². The number of hydrogen-bond acceptors (Lipinski definition) is 2. The van der Waals surface area contributed by atoms with Gasteiger partial charge in [-0.25, -0.2) is 0 Å². The Hall–Kier alpha value is -2.45. The van der Waals surface area contributed by atoms with Gasteiger partial charge in [-0.05, 0) is 38.7 Å². The van der Waals surface area contributed by atoms with Crippen molar-refractivity contribution < 1.29 is 4.79 Å². The summed E-state index contributed by atoms with van der Waals surface area (Å²) in [7, 11) is 0. The summed E-state index contributed by atoms with van der Waals surface area (Å²) in [5.74, 6) is 0.0291. The summed E-state index contributed by atoms with van der Waals surface area (Å²) in [5, 5.41) is 6.98. The number of carbonyl (C=O) groups excluding carboxylic acids is 1. The highest BCUT2D eigenvalue weighted by atomic mass is 16.1. The fourth-order valence-electron chi connectivity index (χ4n) is 3.65. The number of rotatable bonds is 5. The van der Waals surface area contributed by atoms with E-state index >= 15 is 0 Å². The monoisotopic (exact) mass is 314 g/mol. The molecule has 0 saturated heterocycles. The number of nitrogens with two attached hydrogens (primary N) is 1. The Morgan fingerprint density at radius 3 is 2.25 bits per heavy atom. The first-order valence-corrected chi connectivity index (χ1v) is 8.46. The minimum absolute atomic E-state index is 0.0291. The molecule has 0 aliphatic carbocycles. The van der Waals surface area contributed by atoms with Crippen LogP contribution in [0.4, 0.5) is 0 Å². The first-order chi connectivity index (χ1) is 11.7. The molecule has 0 heterocycles. The van der Waals surface area contributed by atoms with Gasteiger partial charge in [0.1, 0.15) is 0 Å². The highest BCUT2D eigenvalue weighted by Crippen LogP contribution is 2.36. The molecule has 2 heteroatoms. The van der Waals surface area contributed by atoms with Crippen LogP contribution in [-0.2, 0) is 0 Å². The van der Waals surface area contributed by atoms with Gasteiger partial charge in [0.25, 0.3) is 0 Å². The number of carbonyl (C=O) groups is 1. The van der Waals surface area contributed by atoms with E-state index in [4.69, 9.17) is 5.73 Å². The standard InChI is InChI=1S/C22H20NO/c1-2-3-7-19(23)22(24)18-13-11-16-9-8-14-5-4-6-15-10-12-17(18)21(16)20(14)15/h4-6,8-13,19H,1-3,7,23H2. The fourth-order valence-corrected chi connectivity index (χ4v) is 3.65. The maximum absolute atomic E-state index is 12.9. The second-order valence-corrected chi connectivity index (χ2v) is 6.44. The largest absolute Gasteiger partial charge is 0.321 e. The molecule has 4 aromatic carbocycles. The second kappa shape index (κ2) is 5.88. The van der Waals surface area contributed by atoms with Crippen LogP contribution >= 0.6 is 0 Å². The van der Waals surface area contributed by atoms with Crippen LogP contribution in [-0.4, -0.2) is 11.8 Å². The van der Waals surface area contributed by atoms with Crippen LogP contribution in [0, 0.1) is 6.92 Å². The molecular weight excluding hydrogens is 294 g/mol. The average Bonchev–Trinajstić information content (AvgIpc) is 2.63. The van der Waals surface area contributed by atoms with Crippen LogP contribution in [0.3, 0.4) is 0 Å². The molecule has 119 valence electrons. The van der Waals surface area contributed by atoms with Gasteiger partial charge in [0.2, 0.25) is 0 Å². The van der Waals surface area contributed by atoms with Crippen LogP contribution in [0.5, 0.6) is 0 Å². The first-order valence-electron chi connectivity index (χ1n) is 8.46. The Morgan fingerprint density at radius 2 is 1.54 bits per heavy atom. The van der Waals surface area contributed by atoms with E-state index in [0.717, 1.165) is 29.2 Å². The van der Waals surface area contributed by atoms with Gasteiger partial charge in [-0.3, -0.25) is 4.79 Å². The van der Waals surface area contributed by atoms with Crippen LogP contribution in [0.2, 0.25) is 0 Å². The van der Waals surface area contributed by atoms with E-state index in [-0.39, 0.29) is 5.78 Å². The van der Waals surface area contributed by atoms with Crippen LogP contribution < -0.4 is 5.73 Å². The molecule has 0 bridgehead atoms. The Balaban J connectivity index is 1.96. The number of ketones is 1. The molecule has 24 heavy (non-hydrogen) atoms. The van der Waals surface area contributed by atoms with Gasteiger partial charge in [-0.15, -0.1) is 0 Å². The van der Waals surface area contributed by atoms with Crippen LogP contribution in [0.1, 0.15) is 29.6 Å². The molecule has 2 N–H and O–H groups in total. The van der Waals surface area contributed by atoms with Gasteiger partial charge < -0.3 is 5.73 Å². The van der Waals surface area contributed by atoms with E-state index < -0.39 is 6.04 Å². The third kappa shape index (κ3) is 2.26. The molecule has 0 saturated carbocycles. The quantitative estimate of drug-likeness (QED) is 0.411. The van der Waals surface area contributed by atoms with Crippen molar-refractivity contribution in [2.45, 2.75) is 25.3 Å². The molecule has 2 nitrogen and oxygen atoms in total. The minimum atomic E-state index is -0.453. The Labute approximate surface area is 141 Å². The third-order valence-corrected chi connectivity index (χ3v) is 4.90. The molecule has 0 amide bonds. The molecule has 0 aliphatic rings. The smallest absolute Gasteiger partial charge is 0.180 e. The first kappa shape index (κ1) is 15.1. The third-order valence-electron chi connectivity index (χ3n) is 4.90. The molecule has 0 spiro atoms. The summed E-state index contributed by atoms with van der Waals surface area (Å²) in [6.07, 6.45) is 2.36. The lowest BCUT2D eigenvalue weighted by atomic mass is 9.89. The summed E-state index contributed by atoms with van der Waals surface area (Å²) in [5.41, 5.74) is 6.86. The summed E-state index contributed by atoms with van der Waals surface area (Å²) < 4.78 is 0. The topological polar surface area (TPSA) is 43.1 Å². The molecule has 0 aliphatic heterocycles. The molecule has 4 rings (SSSR count). The predicted molar refractivity (Wildman–Crippen MR) is 102 cm³/mol. The maximum atomic E-state index is 12.9. The minimum Gasteiger partial charge on any atom is -0.321 e. The predicted octanol–water partition coefficient (Wildman–Crippen LogP) is 5.10. The summed E-state index contributed by atoms with van der Waals surface area (Å²) in [6, 6.07) is 18.3. The molecular formula is C22H20NO. The molecule has 0 aromatic heterocycles. The number of Topliss-reactive ketones (excluding diaryl/α,β-unsaturated/α-hetero) is 1. The van der Waals surface area contributed by atoms with Crippen molar-refractivity contribution in [1.82, 2.24) is 0 Å². The van der Waals surface area contributed by atoms with Gasteiger partial charge in [0.15, 0.2) is 5.78 Å². The van der Waals surface area contributed by atoms with Crippen molar-refractivity contribution in [3.05, 3.63) is 67.1 Å². The zero-order valence-electron chi connectivity index (χ0n) is 13.6. The van der Waals surface area contributed by atoms with Gasteiger partial charge >= 0.3 is 0 Å². The zero-order chi connectivity index (χ0) is 16.7. The van der Waals surface area contributed by atoms with Crippen molar-refractivity contribution in [3.63, 3.8) is 0 Å². The second-order valence-electron chi connectivity index (χ2n) is 6.44. The van der Waals surface area contributed by atoms with Gasteiger partial charge in [0.05, 0.1) is 6.04 Å². The Morgan fingerprint density at radius 1 is 0.917 bits per heavy atom. The van der Waals surface area contributed by atoms with Gasteiger partial charge in [-0.2, -0.15) is 0 Å². The van der Waals surface area contributed by atoms with Crippen LogP contribution in [0.15, 0.2) is 54.6 Å². The number of benzene rings is 4. The normalized spacial score (nSPS) is 13.1. The van der Waals surface area contributed by atoms with E-state index in [9.17, 15) is 4.79 Å². The van der Waals surface area contributed by atoms with Crippen molar-refractivity contribution in [2.75, 3.05) is 0 Å². The maximum Gasteiger partial charge on any atom is 0.180 e. The Bertz CT molecular complexity index is 1020. The van der Waals surface area contributed by atoms with E-state index in [1.807, 2.05) is 12.1 Å². The fraction of sp³-hybridized carbons (Fsp3) is 0.182. The van der Waals surface area contributed by atoms with E-state index in [1.165, 1.54) is 21.5 Å². The summed E-state index contributed by atoms with van der Waals surface area (Å²) in [4.78, 5) is 12.9. The van der Waals surface area contributed by atoms with Crippen molar-refractivity contribution >= 4 is 38.1 Å². The van der Waals surface area contributed by atoms with Crippen molar-refractivity contribution in [3.8, 4) is 0 Å². The zero-order valence-corrected chi connectivity index (χ0v) is 13.6. The lowest BCUT2D eigenvalue weighted by molar-refractivity contribution is 0.0958. The van der Waals surface area contributed by atoms with Gasteiger partial charge in [-0.1, -0.05) is 74.4 Å². The Kier molecular flexibility index (Phi) is 3.70. The van der Waals surface area contributed by atoms with Crippen LogP contribution in [0.25, 0.3) is 32.3 Å². The average molecular weight is 314 g/mol. The summed E-state index contributed by atoms with van der Waals surface area (Å²) in [6.45, 7) is 3.83. The van der Waals surface area contributed by atoms with Crippen molar-refractivity contribution in [1.29, 1.82) is 0 Å². The SMILES string of the molecule is [CH2]CCCC(N)C(=O)c1ccc2ccc3cccc4ccc1c2c34. The number of hydrogen-bond donors (Lipinski definition) is 1. The molecule has 1 unspecified atom stereocenters. The highest BCUT2D eigenvalue weighted by Gasteiger charge is 2.19. The van der Waals surface area contributed by atoms with E-state index in [2.05, 4.69) is 49.4 Å². The number of unbranched alkanes of at least 4 members (excludes halogenated alkanes) is 1. The highest BCUT2D eigenvalue weighted by molar-refractivity contribution is 6.26. The molecule has 0 fully saturated rings.